The van der Waals surface area contributed by atoms with Crippen molar-refractivity contribution in [2.24, 2.45) is 0 Å². The average Bonchev–Trinajstić information content (AvgIpc) is 2.29. The third-order valence-corrected chi connectivity index (χ3v) is 2.34. The smallest absolute Gasteiger partial charge is 0.226 e. The number of hydrogen-bond donors (Lipinski definition) is 0. The van der Waals surface area contributed by atoms with E-state index < -0.39 is 0 Å². The maximum absolute atomic E-state index is 11.6. The first-order valence-corrected chi connectivity index (χ1v) is 4.90. The van der Waals surface area contributed by atoms with Gasteiger partial charge in [-0.05, 0) is 24.6 Å². The molecule has 0 heterocycles. The summed E-state index contributed by atoms with van der Waals surface area (Å²) in [5, 5.41) is 8.61. The van der Waals surface area contributed by atoms with Gasteiger partial charge < -0.3 is 4.90 Å². The molecule has 1 amide bonds. The molecule has 0 spiro atoms. The molecule has 1 aromatic rings. The number of nitrogens with zero attached hydrogens (tertiary/aromatic N) is 2. The fourth-order valence-corrected chi connectivity index (χ4v) is 1.18. The average molecular weight is 202 g/mol. The first kappa shape index (κ1) is 11.3. The second-order valence-electron chi connectivity index (χ2n) is 3.39. The SMILES string of the molecule is CCN(C)C(=O)Cc1ccc(C#N)cc1. The van der Waals surface area contributed by atoms with Crippen molar-refractivity contribution in [1.82, 2.24) is 4.90 Å². The third kappa shape index (κ3) is 3.10. The van der Waals surface area contributed by atoms with Crippen LogP contribution in [0, 0.1) is 11.3 Å². The predicted octanol–water partition coefficient (Wildman–Crippen LogP) is 1.58. The molecule has 0 N–H and O–H groups in total. The standard InChI is InChI=1S/C12H14N2O/c1-3-14(2)12(15)8-10-4-6-11(9-13)7-5-10/h4-7H,3,8H2,1-2H3. The van der Waals surface area contributed by atoms with Gasteiger partial charge in [-0.3, -0.25) is 4.79 Å². The van der Waals surface area contributed by atoms with Crippen molar-refractivity contribution in [1.29, 1.82) is 5.26 Å². The van der Waals surface area contributed by atoms with Crippen LogP contribution in [0.2, 0.25) is 0 Å². The van der Waals surface area contributed by atoms with E-state index >= 15 is 0 Å². The molecule has 0 aliphatic heterocycles. The van der Waals surface area contributed by atoms with E-state index in [1.165, 1.54) is 0 Å². The Bertz CT molecular complexity index is 376. The molecule has 0 radical (unpaired) electrons. The third-order valence-electron chi connectivity index (χ3n) is 2.34. The lowest BCUT2D eigenvalue weighted by atomic mass is 10.1. The Labute approximate surface area is 89.9 Å². The molecule has 0 bridgehead atoms. The summed E-state index contributed by atoms with van der Waals surface area (Å²) in [4.78, 5) is 13.2. The molecule has 0 saturated carbocycles. The van der Waals surface area contributed by atoms with Crippen molar-refractivity contribution < 1.29 is 4.79 Å². The first-order valence-electron chi connectivity index (χ1n) is 4.90. The largest absolute Gasteiger partial charge is 0.346 e. The van der Waals surface area contributed by atoms with Gasteiger partial charge in [0.15, 0.2) is 0 Å². The molecule has 0 atom stereocenters. The number of hydrogen-bond acceptors (Lipinski definition) is 2. The van der Waals surface area contributed by atoms with Gasteiger partial charge in [0.25, 0.3) is 0 Å². The van der Waals surface area contributed by atoms with Crippen LogP contribution in [0.25, 0.3) is 0 Å². The highest BCUT2D eigenvalue weighted by atomic mass is 16.2. The van der Waals surface area contributed by atoms with Crippen LogP contribution >= 0.6 is 0 Å². The summed E-state index contributed by atoms with van der Waals surface area (Å²) in [7, 11) is 1.78. The fraction of sp³-hybridized carbons (Fsp3) is 0.333. The summed E-state index contributed by atoms with van der Waals surface area (Å²) in [6.45, 7) is 2.66. The van der Waals surface area contributed by atoms with Crippen LogP contribution in [0.5, 0.6) is 0 Å². The quantitative estimate of drug-likeness (QED) is 0.747. The molecule has 3 heteroatoms. The lowest BCUT2D eigenvalue weighted by Crippen LogP contribution is -2.27. The number of carbonyl (C=O) groups excluding carboxylic acids is 1. The zero-order valence-electron chi connectivity index (χ0n) is 9.03. The van der Waals surface area contributed by atoms with Crippen LogP contribution in [0.4, 0.5) is 0 Å². The Morgan fingerprint density at radius 1 is 1.40 bits per heavy atom. The Hall–Kier alpha value is -1.82. The summed E-state index contributed by atoms with van der Waals surface area (Å²) in [5.74, 6) is 0.0993. The molecule has 0 unspecified atom stereocenters. The van der Waals surface area contributed by atoms with Crippen molar-refractivity contribution in [3.05, 3.63) is 35.4 Å². The van der Waals surface area contributed by atoms with Gasteiger partial charge in [0.2, 0.25) is 5.91 Å². The van der Waals surface area contributed by atoms with E-state index in [4.69, 9.17) is 5.26 Å². The fourth-order valence-electron chi connectivity index (χ4n) is 1.18. The van der Waals surface area contributed by atoms with E-state index in [0.717, 1.165) is 12.1 Å². The highest BCUT2D eigenvalue weighted by Crippen LogP contribution is 2.05. The van der Waals surface area contributed by atoms with Gasteiger partial charge in [-0.15, -0.1) is 0 Å². The second kappa shape index (κ2) is 5.16. The Kier molecular flexibility index (Phi) is 3.87. The van der Waals surface area contributed by atoms with E-state index in [-0.39, 0.29) is 5.91 Å². The van der Waals surface area contributed by atoms with Gasteiger partial charge in [0, 0.05) is 13.6 Å². The number of benzene rings is 1. The van der Waals surface area contributed by atoms with Crippen LogP contribution in [0.3, 0.4) is 0 Å². The van der Waals surface area contributed by atoms with Crippen LogP contribution in [0.15, 0.2) is 24.3 Å². The van der Waals surface area contributed by atoms with Gasteiger partial charge in [0.05, 0.1) is 18.1 Å². The summed E-state index contributed by atoms with van der Waals surface area (Å²) in [5.41, 5.74) is 1.56. The number of nitriles is 1. The molecule has 0 fully saturated rings. The van der Waals surface area contributed by atoms with Crippen LogP contribution in [-0.4, -0.2) is 24.4 Å². The highest BCUT2D eigenvalue weighted by Gasteiger charge is 2.07. The maximum atomic E-state index is 11.6. The molecule has 3 nitrogen and oxygen atoms in total. The molecule has 0 saturated heterocycles. The lowest BCUT2D eigenvalue weighted by molar-refractivity contribution is -0.128. The van der Waals surface area contributed by atoms with Gasteiger partial charge in [-0.25, -0.2) is 0 Å². The zero-order chi connectivity index (χ0) is 11.3. The van der Waals surface area contributed by atoms with Crippen molar-refractivity contribution in [2.45, 2.75) is 13.3 Å². The van der Waals surface area contributed by atoms with E-state index in [1.807, 2.05) is 25.1 Å². The maximum Gasteiger partial charge on any atom is 0.226 e. The molecule has 1 aromatic carbocycles. The molecule has 78 valence electrons. The van der Waals surface area contributed by atoms with Gasteiger partial charge in [-0.1, -0.05) is 12.1 Å². The minimum absolute atomic E-state index is 0.0993. The first-order chi connectivity index (χ1) is 7.17. The minimum Gasteiger partial charge on any atom is -0.346 e. The van der Waals surface area contributed by atoms with E-state index in [0.29, 0.717) is 12.0 Å². The lowest BCUT2D eigenvalue weighted by Gasteiger charge is -2.14. The molecule has 0 aromatic heterocycles. The molecule has 15 heavy (non-hydrogen) atoms. The summed E-state index contributed by atoms with van der Waals surface area (Å²) >= 11 is 0. The second-order valence-corrected chi connectivity index (χ2v) is 3.39. The predicted molar refractivity (Wildman–Crippen MR) is 58.2 cm³/mol. The van der Waals surface area contributed by atoms with Gasteiger partial charge >= 0.3 is 0 Å². The Morgan fingerprint density at radius 3 is 2.47 bits per heavy atom. The van der Waals surface area contributed by atoms with E-state index in [2.05, 4.69) is 0 Å². The summed E-state index contributed by atoms with van der Waals surface area (Å²) in [6, 6.07) is 9.15. The zero-order valence-corrected chi connectivity index (χ0v) is 9.03. The Balaban J connectivity index is 2.66. The summed E-state index contributed by atoms with van der Waals surface area (Å²) in [6.07, 6.45) is 0.399. The van der Waals surface area contributed by atoms with Crippen molar-refractivity contribution in [3.63, 3.8) is 0 Å². The topological polar surface area (TPSA) is 44.1 Å². The molecular formula is C12H14N2O. The van der Waals surface area contributed by atoms with Crippen molar-refractivity contribution >= 4 is 5.91 Å². The van der Waals surface area contributed by atoms with Gasteiger partial charge in [-0.2, -0.15) is 5.26 Å². The molecule has 0 aliphatic carbocycles. The van der Waals surface area contributed by atoms with Gasteiger partial charge in [0.1, 0.15) is 0 Å². The molecular weight excluding hydrogens is 188 g/mol. The van der Waals surface area contributed by atoms with E-state index in [1.54, 1.807) is 24.1 Å². The van der Waals surface area contributed by atoms with Crippen LogP contribution in [0.1, 0.15) is 18.1 Å². The molecule has 1 rings (SSSR count). The highest BCUT2D eigenvalue weighted by molar-refractivity contribution is 5.78. The summed E-state index contributed by atoms with van der Waals surface area (Å²) < 4.78 is 0. The number of carbonyl (C=O) groups is 1. The molecule has 0 aliphatic rings. The van der Waals surface area contributed by atoms with Crippen molar-refractivity contribution in [3.8, 4) is 6.07 Å². The van der Waals surface area contributed by atoms with Crippen molar-refractivity contribution in [2.75, 3.05) is 13.6 Å². The number of likely N-dealkylation sites (N-methyl/N-ethyl adjacent to an activating group) is 1. The number of amides is 1. The monoisotopic (exact) mass is 202 g/mol. The van der Waals surface area contributed by atoms with Crippen LogP contribution < -0.4 is 0 Å². The number of rotatable bonds is 3. The van der Waals surface area contributed by atoms with Crippen LogP contribution in [-0.2, 0) is 11.2 Å². The minimum atomic E-state index is 0.0993. The van der Waals surface area contributed by atoms with E-state index in [9.17, 15) is 4.79 Å². The normalized spacial score (nSPS) is 9.40. The Morgan fingerprint density at radius 2 is 2.00 bits per heavy atom.